The van der Waals surface area contributed by atoms with Crippen molar-refractivity contribution >= 4 is 11.9 Å². The third-order valence-corrected chi connectivity index (χ3v) is 2.03. The minimum Gasteiger partial charge on any atom is -0.481 e. The third kappa shape index (κ3) is 18.5. The van der Waals surface area contributed by atoms with E-state index in [0.717, 1.165) is 38.5 Å². The molecule has 0 atom stereocenters. The van der Waals surface area contributed by atoms with Crippen molar-refractivity contribution in [1.82, 2.24) is 0 Å². The van der Waals surface area contributed by atoms with Gasteiger partial charge in [0.2, 0.25) is 0 Å². The Hall–Kier alpha value is -1.32. The van der Waals surface area contributed by atoms with Gasteiger partial charge in [0.1, 0.15) is 0 Å². The largest absolute Gasteiger partial charge is 0.481 e. The van der Waals surface area contributed by atoms with Crippen LogP contribution in [0.25, 0.3) is 0 Å². The highest BCUT2D eigenvalue weighted by Gasteiger charge is 1.98. The second kappa shape index (κ2) is 13.7. The number of hydrogen-bond donors (Lipinski definition) is 2. The van der Waals surface area contributed by atoms with Gasteiger partial charge >= 0.3 is 11.9 Å². The van der Waals surface area contributed by atoms with Crippen molar-refractivity contribution in [2.75, 3.05) is 0 Å². The first-order chi connectivity index (χ1) is 7.63. The van der Waals surface area contributed by atoms with Gasteiger partial charge < -0.3 is 10.2 Å². The molecule has 0 rings (SSSR count). The second-order valence-electron chi connectivity index (χ2n) is 3.41. The van der Waals surface area contributed by atoms with Gasteiger partial charge in [-0.2, -0.15) is 0 Å². The third-order valence-electron chi connectivity index (χ3n) is 2.03. The van der Waals surface area contributed by atoms with Crippen molar-refractivity contribution in [2.45, 2.75) is 51.4 Å². The molecule has 0 aromatic heterocycles. The molecule has 0 radical (unpaired) electrons. The van der Waals surface area contributed by atoms with Crippen LogP contribution in [0.3, 0.4) is 0 Å². The van der Waals surface area contributed by atoms with Crippen molar-refractivity contribution in [1.29, 1.82) is 0 Å². The quantitative estimate of drug-likeness (QED) is 0.471. The smallest absolute Gasteiger partial charge is 0.303 e. The molecule has 0 aliphatic rings. The lowest BCUT2D eigenvalue weighted by molar-refractivity contribution is -0.138. The van der Waals surface area contributed by atoms with Crippen molar-refractivity contribution in [3.05, 3.63) is 13.2 Å². The fourth-order valence-corrected chi connectivity index (χ4v) is 1.26. The summed E-state index contributed by atoms with van der Waals surface area (Å²) in [7, 11) is 0. The van der Waals surface area contributed by atoms with Crippen LogP contribution in [0.15, 0.2) is 13.2 Å². The van der Waals surface area contributed by atoms with Gasteiger partial charge in [0.15, 0.2) is 0 Å². The number of carboxylic acids is 2. The summed E-state index contributed by atoms with van der Waals surface area (Å²) < 4.78 is 0. The molecule has 0 aromatic carbocycles. The van der Waals surface area contributed by atoms with E-state index in [4.69, 9.17) is 10.2 Å². The lowest BCUT2D eigenvalue weighted by Crippen LogP contribution is -1.94. The summed E-state index contributed by atoms with van der Waals surface area (Å²) in [4.78, 5) is 20.3. The van der Waals surface area contributed by atoms with E-state index in [0.29, 0.717) is 0 Å². The van der Waals surface area contributed by atoms with E-state index in [1.54, 1.807) is 0 Å². The van der Waals surface area contributed by atoms with Crippen molar-refractivity contribution in [3.8, 4) is 0 Å². The molecule has 0 aliphatic heterocycles. The number of aliphatic carboxylic acids is 2. The number of hydrogen-bond acceptors (Lipinski definition) is 2. The molecule has 0 amide bonds. The highest BCUT2D eigenvalue weighted by molar-refractivity contribution is 5.66. The van der Waals surface area contributed by atoms with Gasteiger partial charge in [0.25, 0.3) is 0 Å². The van der Waals surface area contributed by atoms with Crippen LogP contribution in [0, 0.1) is 0 Å². The van der Waals surface area contributed by atoms with E-state index < -0.39 is 11.9 Å². The van der Waals surface area contributed by atoms with Gasteiger partial charge in [-0.1, -0.05) is 25.7 Å². The Labute approximate surface area is 97.0 Å². The Morgan fingerprint density at radius 3 is 1.19 bits per heavy atom. The summed E-state index contributed by atoms with van der Waals surface area (Å²) in [6.45, 7) is 6.00. The Morgan fingerprint density at radius 1 is 0.688 bits per heavy atom. The normalized spacial score (nSPS) is 9.00. The Bertz CT molecular complexity index is 169. The van der Waals surface area contributed by atoms with Crippen LogP contribution in [-0.2, 0) is 9.59 Å². The maximum atomic E-state index is 10.1. The zero-order valence-electron chi connectivity index (χ0n) is 9.78. The maximum absolute atomic E-state index is 10.1. The number of carboxylic acid groups (broad SMARTS) is 2. The first-order valence-electron chi connectivity index (χ1n) is 5.56. The van der Waals surface area contributed by atoms with E-state index in [1.807, 2.05) is 0 Å². The Kier molecular flexibility index (Phi) is 14.6. The molecule has 4 nitrogen and oxygen atoms in total. The average Bonchev–Trinajstić information content (AvgIpc) is 2.24. The predicted octanol–water partition coefficient (Wildman–Crippen LogP) is 3.08. The summed E-state index contributed by atoms with van der Waals surface area (Å²) in [6, 6.07) is 0. The molecule has 2 N–H and O–H groups in total. The van der Waals surface area contributed by atoms with Crippen LogP contribution in [-0.4, -0.2) is 22.2 Å². The monoisotopic (exact) mass is 230 g/mol. The minimum absolute atomic E-state index is 0.245. The van der Waals surface area contributed by atoms with E-state index in [2.05, 4.69) is 13.2 Å². The van der Waals surface area contributed by atoms with Crippen molar-refractivity contribution in [2.24, 2.45) is 0 Å². The summed E-state index contributed by atoms with van der Waals surface area (Å²) >= 11 is 0. The summed E-state index contributed by atoms with van der Waals surface area (Å²) in [6.07, 6.45) is 5.82. The highest BCUT2D eigenvalue weighted by atomic mass is 16.4. The van der Waals surface area contributed by atoms with Crippen LogP contribution >= 0.6 is 0 Å². The van der Waals surface area contributed by atoms with Crippen molar-refractivity contribution < 1.29 is 19.8 Å². The molecule has 94 valence electrons. The zero-order chi connectivity index (χ0) is 12.8. The first kappa shape index (κ1) is 17.1. The Balaban J connectivity index is 0. The fraction of sp³-hybridized carbons (Fsp3) is 0.667. The molecule has 16 heavy (non-hydrogen) atoms. The van der Waals surface area contributed by atoms with Gasteiger partial charge in [0, 0.05) is 12.8 Å². The molecule has 0 spiro atoms. The minimum atomic E-state index is -0.740. The van der Waals surface area contributed by atoms with Gasteiger partial charge in [0.05, 0.1) is 0 Å². The lowest BCUT2D eigenvalue weighted by Gasteiger charge is -1.98. The predicted molar refractivity (Wildman–Crippen MR) is 63.5 cm³/mol. The van der Waals surface area contributed by atoms with Crippen LogP contribution in [0.1, 0.15) is 51.4 Å². The van der Waals surface area contributed by atoms with Crippen LogP contribution in [0.2, 0.25) is 0 Å². The standard InChI is InChI=1S/C10H18O4.C2H4/c11-9(12)7-5-3-1-2-4-6-8-10(13)14;1-2/h1-8H2,(H,11,12)(H,13,14);1-2H2. The topological polar surface area (TPSA) is 74.6 Å². The van der Waals surface area contributed by atoms with Gasteiger partial charge in [-0.3, -0.25) is 9.59 Å². The number of unbranched alkanes of at least 4 members (excludes halogenated alkanes) is 5. The summed E-state index contributed by atoms with van der Waals surface area (Å²) in [5.74, 6) is -1.48. The molecule has 0 fully saturated rings. The average molecular weight is 230 g/mol. The SMILES string of the molecule is C=C.O=C(O)CCCCCCCCC(=O)O. The van der Waals surface area contributed by atoms with Crippen LogP contribution in [0.5, 0.6) is 0 Å². The summed E-state index contributed by atoms with van der Waals surface area (Å²) in [5, 5.41) is 16.7. The second-order valence-corrected chi connectivity index (χ2v) is 3.41. The lowest BCUT2D eigenvalue weighted by atomic mass is 10.1. The van der Waals surface area contributed by atoms with Gasteiger partial charge in [-0.05, 0) is 12.8 Å². The van der Waals surface area contributed by atoms with Crippen LogP contribution in [0.4, 0.5) is 0 Å². The van der Waals surface area contributed by atoms with Gasteiger partial charge in [-0.25, -0.2) is 0 Å². The molecule has 4 heteroatoms. The van der Waals surface area contributed by atoms with E-state index >= 15 is 0 Å². The molecular weight excluding hydrogens is 208 g/mol. The van der Waals surface area contributed by atoms with E-state index in [-0.39, 0.29) is 12.8 Å². The maximum Gasteiger partial charge on any atom is 0.303 e. The Morgan fingerprint density at radius 2 is 0.938 bits per heavy atom. The van der Waals surface area contributed by atoms with Crippen LogP contribution < -0.4 is 0 Å². The molecule has 0 bridgehead atoms. The molecule has 0 heterocycles. The van der Waals surface area contributed by atoms with E-state index in [1.165, 1.54) is 0 Å². The zero-order valence-corrected chi connectivity index (χ0v) is 9.78. The number of rotatable bonds is 9. The first-order valence-corrected chi connectivity index (χ1v) is 5.56. The number of carbonyl (C=O) groups is 2. The fourth-order valence-electron chi connectivity index (χ4n) is 1.26. The molecule has 0 aliphatic carbocycles. The molecule has 0 saturated heterocycles. The molecule has 0 aromatic rings. The molecule has 0 saturated carbocycles. The molecular formula is C12H22O4. The highest BCUT2D eigenvalue weighted by Crippen LogP contribution is 2.08. The molecule has 0 unspecified atom stereocenters. The van der Waals surface area contributed by atoms with Gasteiger partial charge in [-0.15, -0.1) is 13.2 Å². The van der Waals surface area contributed by atoms with Crippen molar-refractivity contribution in [3.63, 3.8) is 0 Å². The summed E-state index contributed by atoms with van der Waals surface area (Å²) in [5.41, 5.74) is 0. The van der Waals surface area contributed by atoms with E-state index in [9.17, 15) is 9.59 Å².